The topological polar surface area (TPSA) is 65.3 Å². The van der Waals surface area contributed by atoms with Crippen molar-refractivity contribution in [2.45, 2.75) is 27.4 Å². The fourth-order valence-electron chi connectivity index (χ4n) is 2.07. The van der Waals surface area contributed by atoms with E-state index in [4.69, 9.17) is 16.3 Å². The fraction of sp³-hybridized carbons (Fsp3) is 0.267. The van der Waals surface area contributed by atoms with Gasteiger partial charge in [-0.25, -0.2) is 0 Å². The number of pyridine rings is 1. The van der Waals surface area contributed by atoms with Crippen molar-refractivity contribution in [2.75, 3.05) is 0 Å². The van der Waals surface area contributed by atoms with Gasteiger partial charge in [-0.15, -0.1) is 0 Å². The number of benzene rings is 1. The number of rotatable bonds is 4. The van der Waals surface area contributed by atoms with Crippen LogP contribution < -0.4 is 4.74 Å². The Morgan fingerprint density at radius 2 is 2.00 bits per heavy atom. The molecule has 0 aliphatic carbocycles. The Balaban J connectivity index is 2.27. The lowest BCUT2D eigenvalue weighted by Gasteiger charge is -2.11. The Morgan fingerprint density at radius 1 is 1.29 bits per heavy atom. The molecule has 0 unspecified atom stereocenters. The number of hydrogen-bond acceptors (Lipinski definition) is 4. The van der Waals surface area contributed by atoms with Gasteiger partial charge in [0.2, 0.25) is 0 Å². The molecule has 6 heteroatoms. The summed E-state index contributed by atoms with van der Waals surface area (Å²) in [5, 5.41) is 11.7. The highest BCUT2D eigenvalue weighted by Crippen LogP contribution is 2.27. The molecule has 0 saturated carbocycles. The molecule has 0 saturated heterocycles. The van der Waals surface area contributed by atoms with Crippen molar-refractivity contribution in [2.24, 2.45) is 0 Å². The van der Waals surface area contributed by atoms with Crippen LogP contribution in [0.5, 0.6) is 5.75 Å². The summed E-state index contributed by atoms with van der Waals surface area (Å²) >= 11 is 5.93. The maximum Gasteiger partial charge on any atom is 0.278 e. The molecule has 2 rings (SSSR count). The molecule has 1 aromatic carbocycles. The summed E-state index contributed by atoms with van der Waals surface area (Å²) < 4.78 is 5.69. The zero-order valence-corrected chi connectivity index (χ0v) is 12.8. The van der Waals surface area contributed by atoms with E-state index in [1.807, 2.05) is 13.0 Å². The minimum Gasteiger partial charge on any atom is -0.487 e. The van der Waals surface area contributed by atoms with Crippen LogP contribution in [-0.2, 0) is 6.61 Å². The third-order valence-corrected chi connectivity index (χ3v) is 3.51. The Bertz CT molecular complexity index is 702. The Hall–Kier alpha value is -2.14. The van der Waals surface area contributed by atoms with E-state index in [0.717, 1.165) is 5.56 Å². The number of nitrogens with zero attached hydrogens (tertiary/aromatic N) is 2. The molecule has 0 spiro atoms. The van der Waals surface area contributed by atoms with Crippen molar-refractivity contribution in [3.8, 4) is 5.75 Å². The number of hydrogen-bond donors (Lipinski definition) is 0. The van der Waals surface area contributed by atoms with Crippen molar-refractivity contribution in [3.05, 3.63) is 61.9 Å². The van der Waals surface area contributed by atoms with Crippen molar-refractivity contribution in [3.63, 3.8) is 0 Å². The molecular weight excluding hydrogens is 292 g/mol. The molecule has 0 amide bonds. The lowest BCUT2D eigenvalue weighted by atomic mass is 10.1. The second-order valence-corrected chi connectivity index (χ2v) is 5.25. The van der Waals surface area contributed by atoms with Gasteiger partial charge in [-0.2, -0.15) is 0 Å². The first kappa shape index (κ1) is 15.3. The Kier molecular flexibility index (Phi) is 4.43. The SMILES string of the molecule is Cc1ccc(Cl)cc1OCc1ncc(C)c([N+](=O)[O-])c1C. The first-order valence-corrected chi connectivity index (χ1v) is 6.76. The molecule has 2 aromatic rings. The van der Waals surface area contributed by atoms with Crippen molar-refractivity contribution in [1.29, 1.82) is 0 Å². The van der Waals surface area contributed by atoms with Crippen LogP contribution in [0.1, 0.15) is 22.4 Å². The largest absolute Gasteiger partial charge is 0.487 e. The first-order chi connectivity index (χ1) is 9.90. The summed E-state index contributed by atoms with van der Waals surface area (Å²) in [5.41, 5.74) is 2.65. The van der Waals surface area contributed by atoms with Crippen molar-refractivity contribution >= 4 is 17.3 Å². The Morgan fingerprint density at radius 3 is 2.67 bits per heavy atom. The molecule has 0 N–H and O–H groups in total. The van der Waals surface area contributed by atoms with E-state index in [-0.39, 0.29) is 17.2 Å². The summed E-state index contributed by atoms with van der Waals surface area (Å²) in [7, 11) is 0. The minimum atomic E-state index is -0.388. The molecule has 21 heavy (non-hydrogen) atoms. The van der Waals surface area contributed by atoms with Crippen LogP contribution in [0.25, 0.3) is 0 Å². The zero-order valence-electron chi connectivity index (χ0n) is 12.0. The summed E-state index contributed by atoms with van der Waals surface area (Å²) in [6.07, 6.45) is 1.49. The number of ether oxygens (including phenoxy) is 1. The smallest absolute Gasteiger partial charge is 0.278 e. The molecule has 0 aliphatic rings. The monoisotopic (exact) mass is 306 g/mol. The van der Waals surface area contributed by atoms with Gasteiger partial charge in [0.25, 0.3) is 5.69 Å². The Labute approximate surface area is 127 Å². The van der Waals surface area contributed by atoms with E-state index in [0.29, 0.717) is 27.6 Å². The van der Waals surface area contributed by atoms with Crippen LogP contribution in [-0.4, -0.2) is 9.91 Å². The van der Waals surface area contributed by atoms with E-state index in [9.17, 15) is 10.1 Å². The summed E-state index contributed by atoms with van der Waals surface area (Å²) in [6.45, 7) is 5.42. The van der Waals surface area contributed by atoms with Gasteiger partial charge in [-0.1, -0.05) is 17.7 Å². The highest BCUT2D eigenvalue weighted by Gasteiger charge is 2.19. The average molecular weight is 307 g/mol. The minimum absolute atomic E-state index is 0.0893. The van der Waals surface area contributed by atoms with Gasteiger partial charge < -0.3 is 4.74 Å². The van der Waals surface area contributed by atoms with Gasteiger partial charge >= 0.3 is 0 Å². The van der Waals surface area contributed by atoms with E-state index in [1.165, 1.54) is 6.20 Å². The van der Waals surface area contributed by atoms with E-state index >= 15 is 0 Å². The molecule has 1 aromatic heterocycles. The van der Waals surface area contributed by atoms with Crippen molar-refractivity contribution < 1.29 is 9.66 Å². The van der Waals surface area contributed by atoms with E-state index in [1.54, 1.807) is 26.0 Å². The molecule has 0 radical (unpaired) electrons. The summed E-state index contributed by atoms with van der Waals surface area (Å²) in [4.78, 5) is 14.9. The van der Waals surface area contributed by atoms with Crippen LogP contribution in [0.3, 0.4) is 0 Å². The molecule has 0 bridgehead atoms. The quantitative estimate of drug-likeness (QED) is 0.629. The lowest BCUT2D eigenvalue weighted by molar-refractivity contribution is -0.386. The van der Waals surface area contributed by atoms with Gasteiger partial charge in [0.05, 0.1) is 16.2 Å². The van der Waals surface area contributed by atoms with Crippen LogP contribution >= 0.6 is 11.6 Å². The zero-order chi connectivity index (χ0) is 15.6. The lowest BCUT2D eigenvalue weighted by Crippen LogP contribution is -2.06. The molecule has 5 nitrogen and oxygen atoms in total. The molecular formula is C15H15ClN2O3. The van der Waals surface area contributed by atoms with E-state index in [2.05, 4.69) is 4.98 Å². The molecule has 110 valence electrons. The van der Waals surface area contributed by atoms with Gasteiger partial charge in [0.15, 0.2) is 0 Å². The van der Waals surface area contributed by atoms with Crippen LogP contribution in [0.4, 0.5) is 5.69 Å². The molecule has 0 aliphatic heterocycles. The third kappa shape index (κ3) is 3.31. The maximum atomic E-state index is 11.1. The van der Waals surface area contributed by atoms with Gasteiger partial charge in [0, 0.05) is 16.8 Å². The summed E-state index contributed by atoms with van der Waals surface area (Å²) in [6, 6.07) is 5.36. The second-order valence-electron chi connectivity index (χ2n) is 4.82. The van der Waals surface area contributed by atoms with E-state index < -0.39 is 0 Å². The number of aromatic nitrogens is 1. The molecule has 0 fully saturated rings. The first-order valence-electron chi connectivity index (χ1n) is 6.38. The standard InChI is InChI=1S/C15H15ClN2O3/c1-9-4-5-12(16)6-14(9)21-8-13-11(3)15(18(19)20)10(2)7-17-13/h4-7H,8H2,1-3H3. The average Bonchev–Trinajstić information content (AvgIpc) is 2.41. The predicted octanol–water partition coefficient (Wildman–Crippen LogP) is 4.15. The van der Waals surface area contributed by atoms with Crippen LogP contribution in [0.15, 0.2) is 24.4 Å². The van der Waals surface area contributed by atoms with Gasteiger partial charge in [0.1, 0.15) is 12.4 Å². The highest BCUT2D eigenvalue weighted by atomic mass is 35.5. The second kappa shape index (κ2) is 6.10. The molecule has 0 atom stereocenters. The predicted molar refractivity (Wildman–Crippen MR) is 80.9 cm³/mol. The summed E-state index contributed by atoms with van der Waals surface area (Å²) in [5.74, 6) is 0.645. The van der Waals surface area contributed by atoms with Crippen LogP contribution in [0.2, 0.25) is 5.02 Å². The number of halogens is 1. The fourth-order valence-corrected chi connectivity index (χ4v) is 2.23. The van der Waals surface area contributed by atoms with Gasteiger partial charge in [-0.3, -0.25) is 15.1 Å². The number of nitro groups is 1. The normalized spacial score (nSPS) is 10.5. The molecule has 1 heterocycles. The third-order valence-electron chi connectivity index (χ3n) is 3.27. The highest BCUT2D eigenvalue weighted by molar-refractivity contribution is 6.30. The van der Waals surface area contributed by atoms with Crippen molar-refractivity contribution in [1.82, 2.24) is 4.98 Å². The number of aryl methyl sites for hydroxylation is 2. The van der Waals surface area contributed by atoms with Gasteiger partial charge in [-0.05, 0) is 38.5 Å². The maximum absolute atomic E-state index is 11.1. The van der Waals surface area contributed by atoms with Crippen LogP contribution in [0, 0.1) is 30.9 Å².